The van der Waals surface area contributed by atoms with Gasteiger partial charge < -0.3 is 15.1 Å². The van der Waals surface area contributed by atoms with Gasteiger partial charge in [-0.1, -0.05) is 11.3 Å². The summed E-state index contributed by atoms with van der Waals surface area (Å²) >= 11 is 1.90. The van der Waals surface area contributed by atoms with E-state index in [0.717, 1.165) is 26.1 Å². The summed E-state index contributed by atoms with van der Waals surface area (Å²) in [5.41, 5.74) is 1.33. The molecule has 0 aliphatic heterocycles. The van der Waals surface area contributed by atoms with E-state index in [4.69, 9.17) is 4.98 Å². The van der Waals surface area contributed by atoms with Crippen LogP contribution in [0.2, 0.25) is 0 Å². The molecule has 0 bridgehead atoms. The number of nitrogens with zero attached hydrogens (tertiary/aromatic N) is 3. The fourth-order valence-electron chi connectivity index (χ4n) is 2.78. The van der Waals surface area contributed by atoms with Gasteiger partial charge in [0.05, 0.1) is 5.69 Å². The zero-order valence-corrected chi connectivity index (χ0v) is 14.1. The molecular formula is C15H28N4S. The molecule has 0 amide bonds. The first-order valence-electron chi connectivity index (χ1n) is 7.72. The molecule has 1 aliphatic rings. The van der Waals surface area contributed by atoms with Crippen LogP contribution in [0.3, 0.4) is 0 Å². The molecule has 0 aromatic carbocycles. The molecule has 1 aliphatic carbocycles. The van der Waals surface area contributed by atoms with Crippen molar-refractivity contribution in [3.63, 3.8) is 0 Å². The van der Waals surface area contributed by atoms with Crippen molar-refractivity contribution in [2.75, 3.05) is 45.7 Å². The van der Waals surface area contributed by atoms with Crippen LogP contribution in [0.1, 0.15) is 42.8 Å². The number of thiazole rings is 1. The second-order valence-corrected chi connectivity index (χ2v) is 6.79. The molecule has 1 unspecified atom stereocenters. The molecule has 0 spiro atoms. The van der Waals surface area contributed by atoms with Crippen LogP contribution in [-0.2, 0) is 6.42 Å². The van der Waals surface area contributed by atoms with Crippen molar-refractivity contribution in [2.45, 2.75) is 38.6 Å². The highest BCUT2D eigenvalue weighted by atomic mass is 32.1. The topological polar surface area (TPSA) is 31.4 Å². The molecule has 0 saturated carbocycles. The Balaban J connectivity index is 2.05. The lowest BCUT2D eigenvalue weighted by atomic mass is 9.98. The first-order valence-corrected chi connectivity index (χ1v) is 8.53. The van der Waals surface area contributed by atoms with Crippen LogP contribution in [0.25, 0.3) is 0 Å². The minimum absolute atomic E-state index is 0.519. The Kier molecular flexibility index (Phi) is 5.81. The molecule has 1 N–H and O–H groups in total. The second kappa shape index (κ2) is 7.38. The number of nitrogens with one attached hydrogen (secondary N) is 1. The Morgan fingerprint density at radius 1 is 1.35 bits per heavy atom. The minimum atomic E-state index is 0.519. The maximum Gasteiger partial charge on any atom is 0.185 e. The van der Waals surface area contributed by atoms with E-state index in [1.807, 2.05) is 11.3 Å². The predicted molar refractivity (Wildman–Crippen MR) is 87.9 cm³/mol. The van der Waals surface area contributed by atoms with Gasteiger partial charge in [0.25, 0.3) is 0 Å². The number of aromatic nitrogens is 1. The summed E-state index contributed by atoms with van der Waals surface area (Å²) in [5.74, 6) is 0. The lowest BCUT2D eigenvalue weighted by Crippen LogP contribution is -2.26. The molecule has 0 saturated heterocycles. The highest BCUT2D eigenvalue weighted by Crippen LogP contribution is 2.37. The van der Waals surface area contributed by atoms with Gasteiger partial charge in [-0.3, -0.25) is 0 Å². The van der Waals surface area contributed by atoms with Crippen molar-refractivity contribution in [1.29, 1.82) is 0 Å². The van der Waals surface area contributed by atoms with Crippen molar-refractivity contribution < 1.29 is 0 Å². The molecule has 1 heterocycles. The van der Waals surface area contributed by atoms with Crippen LogP contribution in [0.4, 0.5) is 5.13 Å². The van der Waals surface area contributed by atoms with Crippen LogP contribution < -0.4 is 10.2 Å². The number of aryl methyl sites for hydroxylation is 1. The Morgan fingerprint density at radius 2 is 2.15 bits per heavy atom. The smallest absolute Gasteiger partial charge is 0.185 e. The van der Waals surface area contributed by atoms with Crippen molar-refractivity contribution >= 4 is 16.5 Å². The predicted octanol–water partition coefficient (Wildman–Crippen LogP) is 2.52. The van der Waals surface area contributed by atoms with E-state index in [1.165, 1.54) is 35.0 Å². The molecular weight excluding hydrogens is 268 g/mol. The average Bonchev–Trinajstić information content (AvgIpc) is 2.86. The highest BCUT2D eigenvalue weighted by molar-refractivity contribution is 7.15. The maximum absolute atomic E-state index is 4.91. The van der Waals surface area contributed by atoms with E-state index in [1.54, 1.807) is 0 Å². The third-order valence-electron chi connectivity index (χ3n) is 3.97. The SMILES string of the molecule is CCN(CCCN(C)C)c1nc2c(s1)C(NC)CCC2. The summed E-state index contributed by atoms with van der Waals surface area (Å²) in [6.45, 7) is 5.52. The van der Waals surface area contributed by atoms with Gasteiger partial charge in [-0.25, -0.2) is 4.98 Å². The van der Waals surface area contributed by atoms with E-state index in [2.05, 4.69) is 43.2 Å². The van der Waals surface area contributed by atoms with Gasteiger partial charge in [0.1, 0.15) is 0 Å². The standard InChI is InChI=1S/C15H28N4S/c1-5-19(11-7-10-18(3)4)15-17-13-9-6-8-12(16-2)14(13)20-15/h12,16H,5-11H2,1-4H3. The first kappa shape index (κ1) is 15.7. The molecule has 114 valence electrons. The van der Waals surface area contributed by atoms with Crippen LogP contribution >= 0.6 is 11.3 Å². The van der Waals surface area contributed by atoms with E-state index >= 15 is 0 Å². The zero-order valence-electron chi connectivity index (χ0n) is 13.3. The lowest BCUT2D eigenvalue weighted by molar-refractivity contribution is 0.400. The summed E-state index contributed by atoms with van der Waals surface area (Å²) in [6.07, 6.45) is 4.85. The number of fused-ring (bicyclic) bond motifs is 1. The van der Waals surface area contributed by atoms with Gasteiger partial charge >= 0.3 is 0 Å². The third kappa shape index (κ3) is 3.71. The fourth-order valence-corrected chi connectivity index (χ4v) is 4.13. The van der Waals surface area contributed by atoms with Gasteiger partial charge in [-0.2, -0.15) is 0 Å². The van der Waals surface area contributed by atoms with E-state index < -0.39 is 0 Å². The van der Waals surface area contributed by atoms with Gasteiger partial charge in [0.2, 0.25) is 0 Å². The summed E-state index contributed by atoms with van der Waals surface area (Å²) < 4.78 is 0. The number of rotatable bonds is 7. The van der Waals surface area contributed by atoms with Crippen LogP contribution in [0.5, 0.6) is 0 Å². The molecule has 4 nitrogen and oxygen atoms in total. The number of hydrogen-bond acceptors (Lipinski definition) is 5. The summed E-state index contributed by atoms with van der Waals surface area (Å²) in [7, 11) is 6.33. The summed E-state index contributed by atoms with van der Waals surface area (Å²) in [6, 6.07) is 0.519. The Hall–Kier alpha value is -0.650. The van der Waals surface area contributed by atoms with Crippen molar-refractivity contribution in [3.8, 4) is 0 Å². The van der Waals surface area contributed by atoms with Crippen LogP contribution in [0, 0.1) is 0 Å². The van der Waals surface area contributed by atoms with Gasteiger partial charge in [0, 0.05) is 24.0 Å². The Morgan fingerprint density at radius 3 is 2.80 bits per heavy atom. The normalized spacial score (nSPS) is 18.4. The van der Waals surface area contributed by atoms with E-state index in [9.17, 15) is 0 Å². The molecule has 1 aromatic heterocycles. The lowest BCUT2D eigenvalue weighted by Gasteiger charge is -2.21. The molecule has 1 aromatic rings. The van der Waals surface area contributed by atoms with Gasteiger partial charge in [0.15, 0.2) is 5.13 Å². The molecule has 20 heavy (non-hydrogen) atoms. The number of hydrogen-bond donors (Lipinski definition) is 1. The fraction of sp³-hybridized carbons (Fsp3) is 0.800. The average molecular weight is 296 g/mol. The van der Waals surface area contributed by atoms with E-state index in [0.29, 0.717) is 6.04 Å². The number of anilines is 1. The summed E-state index contributed by atoms with van der Waals surface area (Å²) in [4.78, 5) is 11.1. The van der Waals surface area contributed by atoms with Crippen molar-refractivity contribution in [3.05, 3.63) is 10.6 Å². The molecule has 5 heteroatoms. The van der Waals surface area contributed by atoms with Crippen molar-refractivity contribution in [1.82, 2.24) is 15.2 Å². The largest absolute Gasteiger partial charge is 0.348 e. The highest BCUT2D eigenvalue weighted by Gasteiger charge is 2.24. The monoisotopic (exact) mass is 296 g/mol. The maximum atomic E-state index is 4.91. The van der Waals surface area contributed by atoms with Gasteiger partial charge in [-0.05, 0) is 60.3 Å². The molecule has 0 radical (unpaired) electrons. The zero-order chi connectivity index (χ0) is 14.5. The molecule has 1 atom stereocenters. The van der Waals surface area contributed by atoms with Gasteiger partial charge in [-0.15, -0.1) is 0 Å². The Bertz CT molecular complexity index is 416. The van der Waals surface area contributed by atoms with Crippen LogP contribution in [-0.4, -0.2) is 50.7 Å². The minimum Gasteiger partial charge on any atom is -0.348 e. The third-order valence-corrected chi connectivity index (χ3v) is 5.25. The quantitative estimate of drug-likeness (QED) is 0.838. The van der Waals surface area contributed by atoms with Crippen molar-refractivity contribution in [2.24, 2.45) is 0 Å². The summed E-state index contributed by atoms with van der Waals surface area (Å²) in [5, 5.41) is 4.65. The van der Waals surface area contributed by atoms with Crippen LogP contribution in [0.15, 0.2) is 0 Å². The second-order valence-electron chi connectivity index (χ2n) is 5.78. The first-order chi connectivity index (χ1) is 9.65. The molecule has 0 fully saturated rings. The van der Waals surface area contributed by atoms with E-state index in [-0.39, 0.29) is 0 Å². The molecule has 2 rings (SSSR count). The Labute approximate surface area is 127 Å².